The summed E-state index contributed by atoms with van der Waals surface area (Å²) in [6.45, 7) is 2.54. The van der Waals surface area contributed by atoms with Gasteiger partial charge in [-0.05, 0) is 23.8 Å². The van der Waals surface area contributed by atoms with Gasteiger partial charge in [-0.15, -0.1) is 5.10 Å². The number of nitrogens with one attached hydrogen (secondary N) is 1. The average molecular weight is 220 g/mol. The lowest BCUT2D eigenvalue weighted by molar-refractivity contribution is 0.119. The Kier molecular flexibility index (Phi) is 3.00. The van der Waals surface area contributed by atoms with Crippen molar-refractivity contribution < 1.29 is 9.63 Å². The molecule has 1 heterocycles. The number of fused-ring (bicyclic) bond motifs is 1. The van der Waals surface area contributed by atoms with Crippen LogP contribution in [0.25, 0.3) is 11.0 Å². The predicted octanol–water partition coefficient (Wildman–Crippen LogP) is 0.979. The summed E-state index contributed by atoms with van der Waals surface area (Å²) in [6.07, 6.45) is 0.324. The summed E-state index contributed by atoms with van der Waals surface area (Å²) in [7, 11) is 0. The van der Waals surface area contributed by atoms with E-state index in [-0.39, 0.29) is 0 Å². The van der Waals surface area contributed by atoms with Crippen molar-refractivity contribution in [2.75, 3.05) is 6.54 Å². The molecule has 16 heavy (non-hydrogen) atoms. The first kappa shape index (κ1) is 10.4. The van der Waals surface area contributed by atoms with Gasteiger partial charge >= 0.3 is 6.09 Å². The molecule has 0 unspecified atom stereocenters. The standard InChI is InChI=1S/C10H12N4O2/c1-2-7-11-10(15)16-14-9-6-4-3-5-8(9)12-13-14/h3-6H,2,7H2,1H3,(H,11,15). The van der Waals surface area contributed by atoms with Crippen LogP contribution in [0, 0.1) is 0 Å². The Morgan fingerprint density at radius 1 is 1.50 bits per heavy atom. The van der Waals surface area contributed by atoms with Crippen molar-refractivity contribution in [3.63, 3.8) is 0 Å². The molecule has 0 atom stereocenters. The Morgan fingerprint density at radius 3 is 3.12 bits per heavy atom. The number of hydrogen-bond acceptors (Lipinski definition) is 4. The number of para-hydroxylation sites is 1. The molecule has 0 radical (unpaired) electrons. The van der Waals surface area contributed by atoms with Crippen molar-refractivity contribution >= 4 is 17.1 Å². The largest absolute Gasteiger partial charge is 0.433 e. The van der Waals surface area contributed by atoms with Crippen LogP contribution in [-0.4, -0.2) is 27.8 Å². The summed E-state index contributed by atoms with van der Waals surface area (Å²) in [6, 6.07) is 7.25. The van der Waals surface area contributed by atoms with Gasteiger partial charge in [-0.25, -0.2) is 4.79 Å². The van der Waals surface area contributed by atoms with Gasteiger partial charge in [0.25, 0.3) is 0 Å². The summed E-state index contributed by atoms with van der Waals surface area (Å²) in [5.41, 5.74) is 1.35. The van der Waals surface area contributed by atoms with E-state index in [9.17, 15) is 4.79 Å². The fraction of sp³-hybridized carbons (Fsp3) is 0.300. The lowest BCUT2D eigenvalue weighted by Gasteiger charge is -2.03. The highest BCUT2D eigenvalue weighted by Gasteiger charge is 2.08. The summed E-state index contributed by atoms with van der Waals surface area (Å²) < 4.78 is 0. The molecule has 1 aromatic heterocycles. The Morgan fingerprint density at radius 2 is 2.31 bits per heavy atom. The fourth-order valence-electron chi connectivity index (χ4n) is 1.25. The van der Waals surface area contributed by atoms with E-state index in [0.29, 0.717) is 17.6 Å². The van der Waals surface area contributed by atoms with E-state index in [0.717, 1.165) is 11.3 Å². The minimum absolute atomic E-state index is 0.530. The van der Waals surface area contributed by atoms with Crippen LogP contribution in [0.15, 0.2) is 24.3 Å². The van der Waals surface area contributed by atoms with Gasteiger partial charge in [0.2, 0.25) is 0 Å². The van der Waals surface area contributed by atoms with E-state index in [4.69, 9.17) is 4.84 Å². The van der Waals surface area contributed by atoms with E-state index < -0.39 is 6.09 Å². The highest BCUT2D eigenvalue weighted by molar-refractivity contribution is 5.75. The molecule has 0 saturated heterocycles. The van der Waals surface area contributed by atoms with E-state index in [2.05, 4.69) is 15.6 Å². The maximum atomic E-state index is 11.3. The van der Waals surface area contributed by atoms with E-state index >= 15 is 0 Å². The van der Waals surface area contributed by atoms with Crippen LogP contribution in [0.1, 0.15) is 13.3 Å². The van der Waals surface area contributed by atoms with Crippen molar-refractivity contribution in [1.29, 1.82) is 0 Å². The molecule has 6 nitrogen and oxygen atoms in total. The third-order valence-electron chi connectivity index (χ3n) is 2.01. The quantitative estimate of drug-likeness (QED) is 0.783. The Labute approximate surface area is 92.1 Å². The molecule has 0 saturated carbocycles. The highest BCUT2D eigenvalue weighted by Crippen LogP contribution is 2.07. The number of amides is 1. The minimum Gasteiger partial charge on any atom is -0.320 e. The van der Waals surface area contributed by atoms with Gasteiger partial charge in [-0.2, -0.15) is 0 Å². The fourth-order valence-corrected chi connectivity index (χ4v) is 1.25. The molecule has 0 fully saturated rings. The number of hydrogen-bond donors (Lipinski definition) is 1. The molecular formula is C10H12N4O2. The van der Waals surface area contributed by atoms with Gasteiger partial charge in [0.05, 0.1) is 0 Å². The zero-order valence-corrected chi connectivity index (χ0v) is 8.88. The highest BCUT2D eigenvalue weighted by atomic mass is 16.7. The topological polar surface area (TPSA) is 69.0 Å². The van der Waals surface area contributed by atoms with Crippen LogP contribution in [0.4, 0.5) is 4.79 Å². The maximum absolute atomic E-state index is 11.3. The zero-order valence-electron chi connectivity index (χ0n) is 8.88. The van der Waals surface area contributed by atoms with Crippen LogP contribution >= 0.6 is 0 Å². The van der Waals surface area contributed by atoms with Crippen LogP contribution in [0.3, 0.4) is 0 Å². The summed E-state index contributed by atoms with van der Waals surface area (Å²) >= 11 is 0. The molecule has 1 amide bonds. The first-order chi connectivity index (χ1) is 7.81. The molecular weight excluding hydrogens is 208 g/mol. The first-order valence-corrected chi connectivity index (χ1v) is 5.08. The zero-order chi connectivity index (χ0) is 11.4. The SMILES string of the molecule is CCCNC(=O)On1nnc2ccccc21. The Hall–Kier alpha value is -2.11. The van der Waals surface area contributed by atoms with Crippen molar-refractivity contribution in [3.8, 4) is 0 Å². The maximum Gasteiger partial charge on any atom is 0.433 e. The molecule has 0 aliphatic rings. The number of benzene rings is 1. The number of carbonyl (C=O) groups excluding carboxylic acids is 1. The molecule has 2 aromatic rings. The van der Waals surface area contributed by atoms with Crippen molar-refractivity contribution in [2.45, 2.75) is 13.3 Å². The lowest BCUT2D eigenvalue weighted by atomic mass is 10.3. The molecule has 6 heteroatoms. The van der Waals surface area contributed by atoms with Gasteiger partial charge < -0.3 is 5.32 Å². The summed E-state index contributed by atoms with van der Waals surface area (Å²) in [5.74, 6) is 0. The molecule has 0 spiro atoms. The normalized spacial score (nSPS) is 10.3. The van der Waals surface area contributed by atoms with Gasteiger partial charge in [0.1, 0.15) is 11.0 Å². The Bertz CT molecular complexity index is 494. The van der Waals surface area contributed by atoms with E-state index in [1.54, 1.807) is 12.1 Å². The van der Waals surface area contributed by atoms with Crippen molar-refractivity contribution in [1.82, 2.24) is 20.5 Å². The molecule has 1 aromatic carbocycles. The van der Waals surface area contributed by atoms with E-state index in [1.165, 1.54) is 0 Å². The van der Waals surface area contributed by atoms with Crippen LogP contribution < -0.4 is 10.2 Å². The van der Waals surface area contributed by atoms with Gasteiger partial charge in [0.15, 0.2) is 0 Å². The van der Waals surface area contributed by atoms with Crippen LogP contribution in [-0.2, 0) is 0 Å². The molecule has 0 bridgehead atoms. The average Bonchev–Trinajstić information content (AvgIpc) is 2.70. The smallest absolute Gasteiger partial charge is 0.320 e. The second-order valence-electron chi connectivity index (χ2n) is 3.26. The number of carbonyl (C=O) groups is 1. The number of aromatic nitrogens is 3. The molecule has 84 valence electrons. The molecule has 1 N–H and O–H groups in total. The number of rotatable bonds is 3. The first-order valence-electron chi connectivity index (χ1n) is 5.08. The third-order valence-corrected chi connectivity index (χ3v) is 2.01. The van der Waals surface area contributed by atoms with Gasteiger partial charge in [-0.3, -0.25) is 4.84 Å². The van der Waals surface area contributed by atoms with Crippen LogP contribution in [0.5, 0.6) is 0 Å². The minimum atomic E-state index is -0.530. The monoisotopic (exact) mass is 220 g/mol. The molecule has 0 aliphatic heterocycles. The molecule has 0 aliphatic carbocycles. The van der Waals surface area contributed by atoms with Gasteiger partial charge in [-0.1, -0.05) is 23.9 Å². The summed E-state index contributed by atoms with van der Waals surface area (Å²) in [5, 5.41) is 10.2. The predicted molar refractivity (Wildman–Crippen MR) is 57.8 cm³/mol. The van der Waals surface area contributed by atoms with Crippen molar-refractivity contribution in [2.24, 2.45) is 0 Å². The number of nitrogens with zero attached hydrogens (tertiary/aromatic N) is 3. The molecule has 2 rings (SSSR count). The van der Waals surface area contributed by atoms with Crippen molar-refractivity contribution in [3.05, 3.63) is 24.3 Å². The summed E-state index contributed by atoms with van der Waals surface area (Å²) in [4.78, 5) is 17.4. The van der Waals surface area contributed by atoms with Crippen LogP contribution in [0.2, 0.25) is 0 Å². The lowest BCUT2D eigenvalue weighted by Crippen LogP contribution is -2.33. The van der Waals surface area contributed by atoms with Gasteiger partial charge in [0, 0.05) is 6.54 Å². The second kappa shape index (κ2) is 4.61. The van der Waals surface area contributed by atoms with E-state index in [1.807, 2.05) is 19.1 Å². The third kappa shape index (κ3) is 2.10. The second-order valence-corrected chi connectivity index (χ2v) is 3.26. The Balaban J connectivity index is 2.12.